The van der Waals surface area contributed by atoms with Gasteiger partial charge in [0.15, 0.2) is 0 Å². The summed E-state index contributed by atoms with van der Waals surface area (Å²) in [7, 11) is 0. The molecule has 116 valence electrons. The molecule has 0 aliphatic heterocycles. The lowest BCUT2D eigenvalue weighted by atomic mass is 9.73. The minimum atomic E-state index is -0.435. The number of halogens is 1. The summed E-state index contributed by atoms with van der Waals surface area (Å²) in [5, 5.41) is 3.02. The Kier molecular flexibility index (Phi) is 4.99. The van der Waals surface area contributed by atoms with Gasteiger partial charge in [-0.3, -0.25) is 4.79 Å². The average molecular weight is 292 g/mol. The Labute approximate surface area is 126 Å². The van der Waals surface area contributed by atoms with Crippen molar-refractivity contribution >= 4 is 5.91 Å². The molecule has 1 aromatic rings. The van der Waals surface area contributed by atoms with Crippen LogP contribution in [0.5, 0.6) is 0 Å². The van der Waals surface area contributed by atoms with Crippen LogP contribution in [0.15, 0.2) is 18.2 Å². The van der Waals surface area contributed by atoms with E-state index in [0.29, 0.717) is 12.1 Å². The molecular weight excluding hydrogens is 267 g/mol. The molecule has 1 aliphatic rings. The Morgan fingerprint density at radius 2 is 2.05 bits per heavy atom. The number of amides is 1. The normalized spacial score (nSPS) is 19.0. The van der Waals surface area contributed by atoms with Crippen LogP contribution in [0.1, 0.15) is 56.2 Å². The largest absolute Gasteiger partial charge is 0.349 e. The van der Waals surface area contributed by atoms with Crippen molar-refractivity contribution in [1.82, 2.24) is 5.32 Å². The second-order valence-electron chi connectivity index (χ2n) is 6.25. The number of hydrogen-bond donors (Lipinski definition) is 2. The molecule has 1 unspecified atom stereocenters. The van der Waals surface area contributed by atoms with Crippen molar-refractivity contribution in [2.24, 2.45) is 11.1 Å². The highest BCUT2D eigenvalue weighted by Gasteiger charge is 2.38. The molecule has 1 aromatic carbocycles. The highest BCUT2D eigenvalue weighted by molar-refractivity contribution is 5.83. The SMILES string of the molecule is Cc1ccc(C(C)NC(=O)C2(CN)CCCCC2)cc1F. The second kappa shape index (κ2) is 6.56. The molecule has 0 radical (unpaired) electrons. The second-order valence-corrected chi connectivity index (χ2v) is 6.25. The molecule has 2 rings (SSSR count). The topological polar surface area (TPSA) is 55.1 Å². The maximum Gasteiger partial charge on any atom is 0.227 e. The van der Waals surface area contributed by atoms with Gasteiger partial charge in [-0.1, -0.05) is 31.4 Å². The molecule has 1 atom stereocenters. The fraction of sp³-hybridized carbons (Fsp3) is 0.588. The van der Waals surface area contributed by atoms with Gasteiger partial charge in [0.05, 0.1) is 11.5 Å². The minimum absolute atomic E-state index is 0.0122. The van der Waals surface area contributed by atoms with Crippen LogP contribution in [-0.4, -0.2) is 12.5 Å². The number of carbonyl (C=O) groups excluding carboxylic acids is 1. The zero-order chi connectivity index (χ0) is 15.5. The van der Waals surface area contributed by atoms with E-state index >= 15 is 0 Å². The highest BCUT2D eigenvalue weighted by Crippen LogP contribution is 2.36. The molecule has 0 saturated heterocycles. The molecule has 1 saturated carbocycles. The van der Waals surface area contributed by atoms with Crippen LogP contribution in [0.4, 0.5) is 4.39 Å². The number of hydrogen-bond acceptors (Lipinski definition) is 2. The molecule has 0 aromatic heterocycles. The van der Waals surface area contributed by atoms with Gasteiger partial charge in [-0.2, -0.15) is 0 Å². The molecule has 3 nitrogen and oxygen atoms in total. The summed E-state index contributed by atoms with van der Waals surface area (Å²) < 4.78 is 13.6. The van der Waals surface area contributed by atoms with Crippen LogP contribution in [0, 0.1) is 18.2 Å². The van der Waals surface area contributed by atoms with Crippen LogP contribution < -0.4 is 11.1 Å². The third-order valence-electron chi connectivity index (χ3n) is 4.73. The van der Waals surface area contributed by atoms with Gasteiger partial charge in [-0.15, -0.1) is 0 Å². The van der Waals surface area contributed by atoms with E-state index in [0.717, 1.165) is 31.2 Å². The van der Waals surface area contributed by atoms with Gasteiger partial charge in [0, 0.05) is 6.54 Å². The molecule has 0 spiro atoms. The summed E-state index contributed by atoms with van der Waals surface area (Å²) in [5.74, 6) is -0.224. The zero-order valence-electron chi connectivity index (χ0n) is 12.9. The summed E-state index contributed by atoms with van der Waals surface area (Å²) in [6.07, 6.45) is 4.98. The maximum absolute atomic E-state index is 13.6. The van der Waals surface area contributed by atoms with Crippen LogP contribution in [-0.2, 0) is 4.79 Å². The van der Waals surface area contributed by atoms with Crippen LogP contribution >= 0.6 is 0 Å². The maximum atomic E-state index is 13.6. The van der Waals surface area contributed by atoms with Crippen molar-refractivity contribution in [1.29, 1.82) is 0 Å². The van der Waals surface area contributed by atoms with Crippen LogP contribution in [0.2, 0.25) is 0 Å². The van der Waals surface area contributed by atoms with Crippen molar-refractivity contribution in [2.75, 3.05) is 6.54 Å². The predicted molar refractivity (Wildman–Crippen MR) is 82.3 cm³/mol. The van der Waals surface area contributed by atoms with Crippen molar-refractivity contribution in [2.45, 2.75) is 52.0 Å². The molecule has 4 heteroatoms. The van der Waals surface area contributed by atoms with Crippen LogP contribution in [0.3, 0.4) is 0 Å². The lowest BCUT2D eigenvalue weighted by molar-refractivity contribution is -0.133. The number of rotatable bonds is 4. The van der Waals surface area contributed by atoms with E-state index in [1.54, 1.807) is 13.0 Å². The first kappa shape index (κ1) is 16.0. The predicted octanol–water partition coefficient (Wildman–Crippen LogP) is 3.22. The quantitative estimate of drug-likeness (QED) is 0.895. The van der Waals surface area contributed by atoms with E-state index in [4.69, 9.17) is 5.73 Å². The summed E-state index contributed by atoms with van der Waals surface area (Å²) in [4.78, 5) is 12.6. The Morgan fingerprint density at radius 1 is 1.38 bits per heavy atom. The Morgan fingerprint density at radius 3 is 2.62 bits per heavy atom. The van der Waals surface area contributed by atoms with Gasteiger partial charge in [0.2, 0.25) is 5.91 Å². The fourth-order valence-electron chi connectivity index (χ4n) is 3.06. The summed E-state index contributed by atoms with van der Waals surface area (Å²) in [6, 6.07) is 4.89. The fourth-order valence-corrected chi connectivity index (χ4v) is 3.06. The third-order valence-corrected chi connectivity index (χ3v) is 4.73. The molecule has 0 bridgehead atoms. The third kappa shape index (κ3) is 3.43. The molecule has 0 heterocycles. The highest BCUT2D eigenvalue weighted by atomic mass is 19.1. The first-order valence-corrected chi connectivity index (χ1v) is 7.75. The molecule has 1 fully saturated rings. The van der Waals surface area contributed by atoms with Gasteiger partial charge in [0.1, 0.15) is 5.82 Å². The Bertz CT molecular complexity index is 510. The van der Waals surface area contributed by atoms with Gasteiger partial charge in [-0.25, -0.2) is 4.39 Å². The lowest BCUT2D eigenvalue weighted by Crippen LogP contribution is -2.47. The number of nitrogens with one attached hydrogen (secondary N) is 1. The summed E-state index contributed by atoms with van der Waals surface area (Å²) in [5.41, 5.74) is 6.84. The van der Waals surface area contributed by atoms with Crippen molar-refractivity contribution in [3.05, 3.63) is 35.1 Å². The molecule has 3 N–H and O–H groups in total. The van der Waals surface area contributed by atoms with E-state index in [1.807, 2.05) is 13.0 Å². The van der Waals surface area contributed by atoms with Crippen molar-refractivity contribution in [3.63, 3.8) is 0 Å². The first-order chi connectivity index (χ1) is 9.98. The van der Waals surface area contributed by atoms with Gasteiger partial charge in [-0.05, 0) is 43.9 Å². The monoisotopic (exact) mass is 292 g/mol. The lowest BCUT2D eigenvalue weighted by Gasteiger charge is -2.35. The standard InChI is InChI=1S/C17H25FN2O/c1-12-6-7-14(10-15(12)18)13(2)20-16(21)17(11-19)8-4-3-5-9-17/h6-7,10,13H,3-5,8-9,11,19H2,1-2H3,(H,20,21). The number of aryl methyl sites for hydroxylation is 1. The average Bonchev–Trinajstić information content (AvgIpc) is 2.50. The van der Waals surface area contributed by atoms with Gasteiger partial charge < -0.3 is 11.1 Å². The number of carbonyl (C=O) groups is 1. The summed E-state index contributed by atoms with van der Waals surface area (Å²) >= 11 is 0. The Hall–Kier alpha value is -1.42. The number of benzene rings is 1. The minimum Gasteiger partial charge on any atom is -0.349 e. The van der Waals surface area contributed by atoms with Gasteiger partial charge in [0.25, 0.3) is 0 Å². The van der Waals surface area contributed by atoms with E-state index < -0.39 is 5.41 Å². The van der Waals surface area contributed by atoms with Crippen molar-refractivity contribution in [3.8, 4) is 0 Å². The van der Waals surface area contributed by atoms with E-state index in [1.165, 1.54) is 12.5 Å². The van der Waals surface area contributed by atoms with Crippen molar-refractivity contribution < 1.29 is 9.18 Å². The smallest absolute Gasteiger partial charge is 0.227 e. The molecule has 1 amide bonds. The number of nitrogens with two attached hydrogens (primary N) is 1. The molecule has 1 aliphatic carbocycles. The molecular formula is C17H25FN2O. The zero-order valence-corrected chi connectivity index (χ0v) is 12.9. The van der Waals surface area contributed by atoms with Crippen LogP contribution in [0.25, 0.3) is 0 Å². The first-order valence-electron chi connectivity index (χ1n) is 7.75. The van der Waals surface area contributed by atoms with Gasteiger partial charge >= 0.3 is 0 Å². The van der Waals surface area contributed by atoms with E-state index in [2.05, 4.69) is 5.32 Å². The van der Waals surface area contributed by atoms with E-state index in [9.17, 15) is 9.18 Å². The van der Waals surface area contributed by atoms with E-state index in [-0.39, 0.29) is 17.8 Å². The summed E-state index contributed by atoms with van der Waals surface area (Å²) in [6.45, 7) is 4.00. The Balaban J connectivity index is 2.08. The molecule has 21 heavy (non-hydrogen) atoms.